The number of para-hydroxylation sites is 1. The molecule has 0 radical (unpaired) electrons. The van der Waals surface area contributed by atoms with Gasteiger partial charge in [-0.1, -0.05) is 31.4 Å². The van der Waals surface area contributed by atoms with Crippen LogP contribution in [0, 0.1) is 11.7 Å². The van der Waals surface area contributed by atoms with Gasteiger partial charge in [0.05, 0.1) is 7.11 Å². The van der Waals surface area contributed by atoms with E-state index in [0.717, 1.165) is 12.8 Å². The number of carbonyl (C=O) groups excluding carboxylic acids is 1. The second-order valence-corrected chi connectivity index (χ2v) is 5.66. The molecule has 1 fully saturated rings. The van der Waals surface area contributed by atoms with Crippen molar-refractivity contribution in [3.63, 3.8) is 0 Å². The zero-order valence-corrected chi connectivity index (χ0v) is 12.1. The van der Waals surface area contributed by atoms with Gasteiger partial charge in [0.25, 0.3) is 0 Å². The van der Waals surface area contributed by atoms with Crippen LogP contribution in [0.4, 0.5) is 4.39 Å². The molecule has 0 N–H and O–H groups in total. The van der Waals surface area contributed by atoms with Crippen molar-refractivity contribution in [1.82, 2.24) is 9.78 Å². The van der Waals surface area contributed by atoms with Gasteiger partial charge in [-0.25, -0.2) is 9.18 Å². The van der Waals surface area contributed by atoms with Gasteiger partial charge < -0.3 is 4.74 Å². The number of rotatable bonds is 3. The second kappa shape index (κ2) is 5.84. The van der Waals surface area contributed by atoms with Crippen LogP contribution in [0.25, 0.3) is 10.9 Å². The zero-order valence-electron chi connectivity index (χ0n) is 12.1. The van der Waals surface area contributed by atoms with Gasteiger partial charge in [-0.3, -0.25) is 4.68 Å². The van der Waals surface area contributed by atoms with Crippen LogP contribution >= 0.6 is 0 Å². The molecule has 0 saturated heterocycles. The molecule has 1 heterocycles. The highest BCUT2D eigenvalue weighted by Gasteiger charge is 2.22. The van der Waals surface area contributed by atoms with Crippen molar-refractivity contribution >= 4 is 16.9 Å². The number of carbonyl (C=O) groups is 1. The number of ether oxygens (including phenoxy) is 1. The minimum absolute atomic E-state index is 0.197. The maximum absolute atomic E-state index is 14.2. The first-order chi connectivity index (χ1) is 10.2. The summed E-state index contributed by atoms with van der Waals surface area (Å²) in [6.07, 6.45) is 6.00. The van der Waals surface area contributed by atoms with Gasteiger partial charge in [0, 0.05) is 11.9 Å². The number of fused-ring (bicyclic) bond motifs is 1. The summed E-state index contributed by atoms with van der Waals surface area (Å²) in [6, 6.07) is 4.72. The average molecular weight is 290 g/mol. The highest BCUT2D eigenvalue weighted by Crippen LogP contribution is 2.28. The van der Waals surface area contributed by atoms with Gasteiger partial charge in [0.1, 0.15) is 11.3 Å². The molecule has 3 rings (SSSR count). The van der Waals surface area contributed by atoms with Gasteiger partial charge in [-0.05, 0) is 24.8 Å². The van der Waals surface area contributed by atoms with Gasteiger partial charge in [0.15, 0.2) is 5.69 Å². The Kier molecular flexibility index (Phi) is 3.90. The molecule has 0 atom stereocenters. The Labute approximate surface area is 122 Å². The van der Waals surface area contributed by atoms with Gasteiger partial charge in [-0.15, -0.1) is 0 Å². The summed E-state index contributed by atoms with van der Waals surface area (Å²) in [7, 11) is 1.31. The molecule has 0 aliphatic heterocycles. The van der Waals surface area contributed by atoms with Crippen LogP contribution in [0.5, 0.6) is 0 Å². The van der Waals surface area contributed by atoms with E-state index in [1.807, 2.05) is 0 Å². The highest BCUT2D eigenvalue weighted by atomic mass is 19.1. The third-order valence-corrected chi connectivity index (χ3v) is 4.26. The number of halogens is 1. The first kappa shape index (κ1) is 14.0. The summed E-state index contributed by atoms with van der Waals surface area (Å²) < 4.78 is 20.6. The molecule has 21 heavy (non-hydrogen) atoms. The Morgan fingerprint density at radius 2 is 2.14 bits per heavy atom. The Hall–Kier alpha value is -1.91. The first-order valence-electron chi connectivity index (χ1n) is 7.44. The summed E-state index contributed by atoms with van der Waals surface area (Å²) >= 11 is 0. The van der Waals surface area contributed by atoms with Crippen molar-refractivity contribution in [3.05, 3.63) is 29.7 Å². The van der Waals surface area contributed by atoms with Crippen LogP contribution < -0.4 is 0 Å². The number of hydrogen-bond donors (Lipinski definition) is 0. The quantitative estimate of drug-likeness (QED) is 0.812. The lowest BCUT2D eigenvalue weighted by molar-refractivity contribution is 0.0594. The number of hydrogen-bond acceptors (Lipinski definition) is 3. The SMILES string of the molecule is COC(=O)c1nn(CC2CCCCC2)c2c(F)cccc12. The van der Waals surface area contributed by atoms with E-state index < -0.39 is 5.97 Å². The van der Waals surface area contributed by atoms with Crippen LogP contribution in [0.2, 0.25) is 0 Å². The molecule has 4 nitrogen and oxygen atoms in total. The van der Waals surface area contributed by atoms with Crippen LogP contribution in [-0.2, 0) is 11.3 Å². The Morgan fingerprint density at radius 1 is 1.38 bits per heavy atom. The molecule has 1 aliphatic rings. The number of nitrogens with zero attached hydrogens (tertiary/aromatic N) is 2. The predicted octanol–water partition coefficient (Wildman–Crippen LogP) is 3.54. The van der Waals surface area contributed by atoms with Gasteiger partial charge in [0.2, 0.25) is 0 Å². The molecule has 1 aliphatic carbocycles. The van der Waals surface area contributed by atoms with Crippen LogP contribution in [0.3, 0.4) is 0 Å². The summed E-state index contributed by atoms with van der Waals surface area (Å²) in [5.74, 6) is -0.356. The molecule has 1 aromatic heterocycles. The van der Waals surface area contributed by atoms with Crippen molar-refractivity contribution in [2.24, 2.45) is 5.92 Å². The van der Waals surface area contributed by atoms with Crippen LogP contribution in [0.15, 0.2) is 18.2 Å². The van der Waals surface area contributed by atoms with Crippen molar-refractivity contribution in [3.8, 4) is 0 Å². The lowest BCUT2D eigenvalue weighted by Gasteiger charge is -2.21. The van der Waals surface area contributed by atoms with E-state index in [9.17, 15) is 9.18 Å². The van der Waals surface area contributed by atoms with E-state index >= 15 is 0 Å². The van der Waals surface area contributed by atoms with Crippen molar-refractivity contribution in [2.75, 3.05) is 7.11 Å². The molecule has 1 aromatic carbocycles. The molecule has 0 unspecified atom stereocenters. The molecule has 0 spiro atoms. The molecule has 1 saturated carbocycles. The maximum atomic E-state index is 14.2. The van der Waals surface area contributed by atoms with E-state index in [1.165, 1.54) is 32.4 Å². The Balaban J connectivity index is 2.02. The number of methoxy groups -OCH3 is 1. The summed E-state index contributed by atoms with van der Waals surface area (Å²) in [5.41, 5.74) is 0.603. The fraction of sp³-hybridized carbons (Fsp3) is 0.500. The Morgan fingerprint density at radius 3 is 2.86 bits per heavy atom. The van der Waals surface area contributed by atoms with Crippen molar-refractivity contribution in [2.45, 2.75) is 38.6 Å². The molecule has 0 bridgehead atoms. The van der Waals surface area contributed by atoms with E-state index in [-0.39, 0.29) is 11.5 Å². The topological polar surface area (TPSA) is 44.1 Å². The van der Waals surface area contributed by atoms with Crippen molar-refractivity contribution in [1.29, 1.82) is 0 Å². The summed E-state index contributed by atoms with van der Waals surface area (Å²) in [4.78, 5) is 11.8. The Bertz CT molecular complexity index is 660. The summed E-state index contributed by atoms with van der Waals surface area (Å²) in [6.45, 7) is 0.661. The fourth-order valence-electron chi connectivity index (χ4n) is 3.19. The lowest BCUT2D eigenvalue weighted by Crippen LogP contribution is -2.16. The predicted molar refractivity (Wildman–Crippen MR) is 77.6 cm³/mol. The molecular formula is C16H19FN2O2. The number of esters is 1. The third kappa shape index (κ3) is 2.64. The van der Waals surface area contributed by atoms with Crippen LogP contribution in [-0.4, -0.2) is 22.9 Å². The standard InChI is InChI=1S/C16H19FN2O2/c1-21-16(20)14-12-8-5-9-13(17)15(12)19(18-14)10-11-6-3-2-4-7-11/h5,8-9,11H,2-4,6-7,10H2,1H3. The molecule has 112 valence electrons. The lowest BCUT2D eigenvalue weighted by atomic mass is 9.89. The minimum Gasteiger partial charge on any atom is -0.464 e. The van der Waals surface area contributed by atoms with E-state index in [4.69, 9.17) is 4.74 Å². The second-order valence-electron chi connectivity index (χ2n) is 5.66. The fourth-order valence-corrected chi connectivity index (χ4v) is 3.19. The van der Waals surface area contributed by atoms with Crippen molar-refractivity contribution < 1.29 is 13.9 Å². The smallest absolute Gasteiger partial charge is 0.359 e. The molecule has 5 heteroatoms. The van der Waals surface area contributed by atoms with Crippen LogP contribution in [0.1, 0.15) is 42.6 Å². The average Bonchev–Trinajstić information content (AvgIpc) is 2.87. The third-order valence-electron chi connectivity index (χ3n) is 4.26. The normalized spacial score (nSPS) is 16.3. The number of aromatic nitrogens is 2. The summed E-state index contributed by atoms with van der Waals surface area (Å²) in [5, 5.41) is 4.84. The van der Waals surface area contributed by atoms with Gasteiger partial charge in [-0.2, -0.15) is 5.10 Å². The van der Waals surface area contributed by atoms with E-state index in [0.29, 0.717) is 23.4 Å². The molecule has 2 aromatic rings. The monoisotopic (exact) mass is 290 g/mol. The van der Waals surface area contributed by atoms with E-state index in [2.05, 4.69) is 5.10 Å². The largest absolute Gasteiger partial charge is 0.464 e. The maximum Gasteiger partial charge on any atom is 0.359 e. The zero-order chi connectivity index (χ0) is 14.8. The van der Waals surface area contributed by atoms with Gasteiger partial charge >= 0.3 is 5.97 Å². The first-order valence-corrected chi connectivity index (χ1v) is 7.44. The molecule has 0 amide bonds. The van der Waals surface area contributed by atoms with E-state index in [1.54, 1.807) is 16.8 Å². The highest BCUT2D eigenvalue weighted by molar-refractivity contribution is 6.02. The molecular weight excluding hydrogens is 271 g/mol. The number of benzene rings is 1. The minimum atomic E-state index is -0.520.